The van der Waals surface area contributed by atoms with Crippen molar-refractivity contribution in [1.29, 1.82) is 0 Å². The van der Waals surface area contributed by atoms with Crippen molar-refractivity contribution in [3.05, 3.63) is 24.3 Å². The van der Waals surface area contributed by atoms with Crippen molar-refractivity contribution < 1.29 is 23.7 Å². The molecular weight excluding hydrogens is 298 g/mol. The van der Waals surface area contributed by atoms with Crippen molar-refractivity contribution in [3.8, 4) is 11.5 Å². The summed E-state index contributed by atoms with van der Waals surface area (Å²) in [6.45, 7) is 6.36. The van der Waals surface area contributed by atoms with Crippen LogP contribution in [0.1, 0.15) is 13.8 Å². The Hall–Kier alpha value is -1.79. The second-order valence-corrected chi connectivity index (χ2v) is 6.67. The predicted molar refractivity (Wildman–Crippen MR) is 83.5 cm³/mol. The van der Waals surface area contributed by atoms with Crippen LogP contribution in [-0.4, -0.2) is 56.6 Å². The van der Waals surface area contributed by atoms with Crippen LogP contribution in [0.4, 0.5) is 0 Å². The number of hydrogen-bond donors (Lipinski definition) is 0. The zero-order valence-electron chi connectivity index (χ0n) is 13.8. The molecule has 2 fully saturated rings. The Morgan fingerprint density at radius 1 is 1.17 bits per heavy atom. The van der Waals surface area contributed by atoms with Crippen LogP contribution in [0.15, 0.2) is 24.3 Å². The molecule has 0 radical (unpaired) electrons. The third-order valence-corrected chi connectivity index (χ3v) is 4.28. The van der Waals surface area contributed by atoms with E-state index >= 15 is 0 Å². The molecule has 1 spiro atoms. The predicted octanol–water partition coefficient (Wildman–Crippen LogP) is 1.69. The molecule has 2 aliphatic heterocycles. The molecular formula is C17H23NO5. The van der Waals surface area contributed by atoms with E-state index in [1.807, 2.05) is 26.0 Å². The van der Waals surface area contributed by atoms with E-state index in [0.717, 1.165) is 0 Å². The molecule has 1 amide bonds. The summed E-state index contributed by atoms with van der Waals surface area (Å²) in [6.07, 6.45) is 0. The van der Waals surface area contributed by atoms with Gasteiger partial charge in [0.2, 0.25) is 0 Å². The third kappa shape index (κ3) is 3.43. The number of benzene rings is 1. The first-order chi connectivity index (χ1) is 10.9. The number of nitrogens with zero attached hydrogens (tertiary/aromatic N) is 1. The van der Waals surface area contributed by atoms with Gasteiger partial charge in [-0.25, -0.2) is 0 Å². The van der Waals surface area contributed by atoms with E-state index in [1.54, 1.807) is 24.1 Å². The summed E-state index contributed by atoms with van der Waals surface area (Å²) < 4.78 is 22.2. The van der Waals surface area contributed by atoms with Gasteiger partial charge in [0.15, 0.2) is 23.9 Å². The summed E-state index contributed by atoms with van der Waals surface area (Å²) in [7, 11) is 1.58. The maximum absolute atomic E-state index is 12.2. The van der Waals surface area contributed by atoms with Gasteiger partial charge in [-0.1, -0.05) is 12.1 Å². The maximum atomic E-state index is 12.2. The van der Waals surface area contributed by atoms with Crippen LogP contribution in [0, 0.1) is 5.41 Å². The number of hydrogen-bond acceptors (Lipinski definition) is 5. The Morgan fingerprint density at radius 3 is 2.39 bits per heavy atom. The SMILES string of the molecule is COc1ccccc1OCC(=O)N1CC2(COC(C)(C)OC2)C1. The van der Waals surface area contributed by atoms with E-state index in [9.17, 15) is 4.79 Å². The summed E-state index contributed by atoms with van der Waals surface area (Å²) in [5, 5.41) is 0. The first-order valence-corrected chi connectivity index (χ1v) is 7.75. The number of likely N-dealkylation sites (tertiary alicyclic amines) is 1. The van der Waals surface area contributed by atoms with Crippen molar-refractivity contribution in [3.63, 3.8) is 0 Å². The minimum absolute atomic E-state index is 0.00363. The van der Waals surface area contributed by atoms with Crippen LogP contribution in [0.2, 0.25) is 0 Å². The van der Waals surface area contributed by atoms with Crippen LogP contribution in [0.5, 0.6) is 11.5 Å². The average molecular weight is 321 g/mol. The van der Waals surface area contributed by atoms with E-state index in [0.29, 0.717) is 37.8 Å². The van der Waals surface area contributed by atoms with Crippen LogP contribution in [0.25, 0.3) is 0 Å². The number of ether oxygens (including phenoxy) is 4. The van der Waals surface area contributed by atoms with Gasteiger partial charge < -0.3 is 23.8 Å². The van der Waals surface area contributed by atoms with Crippen LogP contribution < -0.4 is 9.47 Å². The molecule has 0 aromatic heterocycles. The normalized spacial score (nSPS) is 21.6. The standard InChI is InChI=1S/C17H23NO5/c1-16(2)22-11-17(12-23-16)9-18(10-17)15(19)8-21-14-7-5-4-6-13(14)20-3/h4-7H,8-12H2,1-3H3. The molecule has 3 rings (SSSR count). The number of para-hydroxylation sites is 2. The first kappa shape index (κ1) is 16.1. The first-order valence-electron chi connectivity index (χ1n) is 7.75. The molecule has 2 aliphatic rings. The summed E-state index contributed by atoms with van der Waals surface area (Å²) >= 11 is 0. The van der Waals surface area contributed by atoms with Gasteiger partial charge in [0, 0.05) is 13.1 Å². The lowest BCUT2D eigenvalue weighted by Crippen LogP contribution is -2.66. The van der Waals surface area contributed by atoms with Crippen molar-refractivity contribution in [2.24, 2.45) is 5.41 Å². The molecule has 2 heterocycles. The van der Waals surface area contributed by atoms with Crippen LogP contribution in [0.3, 0.4) is 0 Å². The number of methoxy groups -OCH3 is 1. The maximum Gasteiger partial charge on any atom is 0.260 e. The number of amides is 1. The Kier molecular flexibility index (Phi) is 4.21. The minimum atomic E-state index is -0.525. The molecule has 1 aromatic rings. The van der Waals surface area contributed by atoms with E-state index in [2.05, 4.69) is 0 Å². The van der Waals surface area contributed by atoms with Gasteiger partial charge in [-0.3, -0.25) is 4.79 Å². The fourth-order valence-electron chi connectivity index (χ4n) is 2.83. The van der Waals surface area contributed by atoms with Crippen molar-refractivity contribution in [2.75, 3.05) is 40.0 Å². The Labute approximate surface area is 136 Å². The largest absolute Gasteiger partial charge is 0.493 e. The third-order valence-electron chi connectivity index (χ3n) is 4.28. The van der Waals surface area contributed by atoms with Crippen molar-refractivity contribution >= 4 is 5.91 Å². The van der Waals surface area contributed by atoms with Gasteiger partial charge >= 0.3 is 0 Å². The highest BCUT2D eigenvalue weighted by Gasteiger charge is 2.50. The fourth-order valence-corrected chi connectivity index (χ4v) is 2.83. The van der Waals surface area contributed by atoms with Gasteiger partial charge in [0.1, 0.15) is 0 Å². The van der Waals surface area contributed by atoms with E-state index < -0.39 is 5.79 Å². The van der Waals surface area contributed by atoms with E-state index in [1.165, 1.54) is 0 Å². The molecule has 6 nitrogen and oxygen atoms in total. The highest BCUT2D eigenvalue weighted by atomic mass is 16.7. The van der Waals surface area contributed by atoms with Gasteiger partial charge in [-0.05, 0) is 26.0 Å². The Bertz CT molecular complexity index is 568. The van der Waals surface area contributed by atoms with Gasteiger partial charge in [-0.2, -0.15) is 0 Å². The highest BCUT2D eigenvalue weighted by Crippen LogP contribution is 2.37. The molecule has 23 heavy (non-hydrogen) atoms. The molecule has 0 atom stereocenters. The Morgan fingerprint density at radius 2 is 1.78 bits per heavy atom. The summed E-state index contributed by atoms with van der Waals surface area (Å²) in [5.74, 6) is 0.635. The topological polar surface area (TPSA) is 57.2 Å². The lowest BCUT2D eigenvalue weighted by molar-refractivity contribution is -0.303. The smallest absolute Gasteiger partial charge is 0.260 e. The zero-order valence-corrected chi connectivity index (χ0v) is 13.8. The van der Waals surface area contributed by atoms with E-state index in [-0.39, 0.29) is 17.9 Å². The second kappa shape index (κ2) is 6.02. The van der Waals surface area contributed by atoms with Gasteiger partial charge in [0.25, 0.3) is 5.91 Å². The molecule has 126 valence electrons. The second-order valence-electron chi connectivity index (χ2n) is 6.67. The molecule has 0 unspecified atom stereocenters. The van der Waals surface area contributed by atoms with Crippen LogP contribution in [-0.2, 0) is 14.3 Å². The molecule has 0 aliphatic carbocycles. The number of carbonyl (C=O) groups is 1. The van der Waals surface area contributed by atoms with Crippen LogP contribution >= 0.6 is 0 Å². The lowest BCUT2D eigenvalue weighted by atomic mass is 9.80. The minimum Gasteiger partial charge on any atom is -0.493 e. The Balaban J connectivity index is 1.48. The molecule has 1 aromatic carbocycles. The average Bonchev–Trinajstić information content (AvgIpc) is 2.51. The summed E-state index contributed by atoms with van der Waals surface area (Å²) in [5.41, 5.74) is -0.0599. The van der Waals surface area contributed by atoms with Gasteiger partial charge in [-0.15, -0.1) is 0 Å². The fraction of sp³-hybridized carbons (Fsp3) is 0.588. The molecule has 0 N–H and O–H groups in total. The quantitative estimate of drug-likeness (QED) is 0.844. The number of rotatable bonds is 4. The van der Waals surface area contributed by atoms with Crippen molar-refractivity contribution in [2.45, 2.75) is 19.6 Å². The van der Waals surface area contributed by atoms with E-state index in [4.69, 9.17) is 18.9 Å². The number of carbonyl (C=O) groups excluding carboxylic acids is 1. The lowest BCUT2D eigenvalue weighted by Gasteiger charge is -2.53. The van der Waals surface area contributed by atoms with Gasteiger partial charge in [0.05, 0.1) is 25.7 Å². The molecule has 6 heteroatoms. The molecule has 0 saturated carbocycles. The van der Waals surface area contributed by atoms with Crippen molar-refractivity contribution in [1.82, 2.24) is 4.90 Å². The summed E-state index contributed by atoms with van der Waals surface area (Å²) in [6, 6.07) is 7.29. The highest BCUT2D eigenvalue weighted by molar-refractivity contribution is 5.79. The monoisotopic (exact) mass is 321 g/mol. The molecule has 2 saturated heterocycles. The zero-order chi connectivity index (χ0) is 16.5. The summed E-state index contributed by atoms with van der Waals surface area (Å²) in [4.78, 5) is 14.0. The molecule has 0 bridgehead atoms.